The number of ether oxygens (including phenoxy) is 1. The average molecular weight is 437 g/mol. The van der Waals surface area contributed by atoms with Crippen molar-refractivity contribution in [3.05, 3.63) is 82.1 Å². The van der Waals surface area contributed by atoms with E-state index < -0.39 is 5.97 Å². The smallest absolute Gasteiger partial charge is 0.369 e. The van der Waals surface area contributed by atoms with Crippen LogP contribution < -0.4 is 4.74 Å². The van der Waals surface area contributed by atoms with Crippen molar-refractivity contribution in [2.75, 3.05) is 7.11 Å². The van der Waals surface area contributed by atoms with Crippen molar-refractivity contribution in [3.8, 4) is 11.4 Å². The molecular formula is C25H25ClN2O3. The van der Waals surface area contributed by atoms with Crippen LogP contribution in [0.4, 0.5) is 0 Å². The van der Waals surface area contributed by atoms with Crippen molar-refractivity contribution < 1.29 is 14.4 Å². The molecule has 0 unspecified atom stereocenters. The second kappa shape index (κ2) is 8.23. The molecule has 1 aromatic heterocycles. The van der Waals surface area contributed by atoms with Gasteiger partial charge in [-0.05, 0) is 67.6 Å². The topological polar surface area (TPSA) is 52.8 Å². The molecule has 6 heteroatoms. The average Bonchev–Trinajstić information content (AvgIpc) is 3.07. The predicted molar refractivity (Wildman–Crippen MR) is 123 cm³/mol. The maximum Gasteiger partial charge on any atom is 0.369 e. The lowest BCUT2D eigenvalue weighted by Gasteiger charge is -2.31. The fourth-order valence-electron chi connectivity index (χ4n) is 4.17. The van der Waals surface area contributed by atoms with Crippen molar-refractivity contribution in [1.29, 1.82) is 0 Å². The molecule has 4 rings (SSSR count). The molecule has 0 bridgehead atoms. The Bertz CT molecular complexity index is 1160. The Kier molecular flexibility index (Phi) is 5.63. The van der Waals surface area contributed by atoms with Crippen molar-refractivity contribution in [2.24, 2.45) is 10.6 Å². The maximum absolute atomic E-state index is 12.6. The molecule has 0 saturated heterocycles. The van der Waals surface area contributed by atoms with E-state index in [0.29, 0.717) is 22.8 Å². The van der Waals surface area contributed by atoms with Crippen LogP contribution >= 0.6 is 11.6 Å². The summed E-state index contributed by atoms with van der Waals surface area (Å²) in [6.07, 6.45) is 1.60. The molecule has 5 nitrogen and oxygen atoms in total. The number of hydrogen-bond acceptors (Lipinski definition) is 4. The third-order valence-electron chi connectivity index (χ3n) is 5.54. The Balaban J connectivity index is 1.72. The van der Waals surface area contributed by atoms with Crippen LogP contribution in [-0.2, 0) is 11.3 Å². The summed E-state index contributed by atoms with van der Waals surface area (Å²) in [5.41, 5.74) is 5.39. The summed E-state index contributed by atoms with van der Waals surface area (Å²) < 4.78 is 7.49. The van der Waals surface area contributed by atoms with Crippen LogP contribution in [0.3, 0.4) is 0 Å². The first kappa shape index (κ1) is 21.2. The molecule has 1 heterocycles. The zero-order chi connectivity index (χ0) is 22.2. The number of aryl methyl sites for hydroxylation is 1. The van der Waals surface area contributed by atoms with E-state index in [4.69, 9.17) is 21.2 Å². The normalized spacial score (nSPS) is 16.1. The van der Waals surface area contributed by atoms with Gasteiger partial charge in [-0.3, -0.25) is 0 Å². The van der Waals surface area contributed by atoms with Gasteiger partial charge < -0.3 is 14.1 Å². The lowest BCUT2D eigenvalue weighted by atomic mass is 9.76. The first-order chi connectivity index (χ1) is 14.8. The molecule has 2 aromatic carbocycles. The van der Waals surface area contributed by atoms with Crippen LogP contribution in [0.25, 0.3) is 5.69 Å². The van der Waals surface area contributed by atoms with Gasteiger partial charge in [0.05, 0.1) is 12.8 Å². The maximum atomic E-state index is 12.6. The molecule has 31 heavy (non-hydrogen) atoms. The predicted octanol–water partition coefficient (Wildman–Crippen LogP) is 5.98. The highest BCUT2D eigenvalue weighted by Crippen LogP contribution is 2.38. The van der Waals surface area contributed by atoms with Crippen molar-refractivity contribution in [2.45, 2.75) is 33.6 Å². The zero-order valence-corrected chi connectivity index (χ0v) is 18.9. The third kappa shape index (κ3) is 4.23. The van der Waals surface area contributed by atoms with Crippen LogP contribution in [0.5, 0.6) is 5.75 Å². The fraction of sp³-hybridized carbons (Fsp3) is 0.280. The first-order valence-corrected chi connectivity index (χ1v) is 10.6. The number of methoxy groups -OCH3 is 1. The molecule has 0 N–H and O–H groups in total. The highest BCUT2D eigenvalue weighted by atomic mass is 35.5. The summed E-state index contributed by atoms with van der Waals surface area (Å²) >= 11 is 6.08. The number of hydrogen-bond donors (Lipinski definition) is 0. The summed E-state index contributed by atoms with van der Waals surface area (Å²) in [5, 5.41) is 5.01. The molecule has 3 aromatic rings. The lowest BCUT2D eigenvalue weighted by molar-refractivity contribution is 0.0510. The summed E-state index contributed by atoms with van der Waals surface area (Å²) in [6.45, 7) is 6.46. The van der Waals surface area contributed by atoms with Gasteiger partial charge in [0.15, 0.2) is 0 Å². The molecule has 0 radical (unpaired) electrons. The van der Waals surface area contributed by atoms with E-state index in [9.17, 15) is 4.79 Å². The number of para-hydroxylation sites is 1. The number of halogens is 1. The van der Waals surface area contributed by atoms with Crippen LogP contribution in [0, 0.1) is 12.3 Å². The van der Waals surface area contributed by atoms with E-state index in [2.05, 4.69) is 36.6 Å². The first-order valence-electron chi connectivity index (χ1n) is 10.2. The summed E-state index contributed by atoms with van der Waals surface area (Å²) in [4.78, 5) is 18.0. The Morgan fingerprint density at radius 1 is 1.10 bits per heavy atom. The van der Waals surface area contributed by atoms with Gasteiger partial charge in [0.25, 0.3) is 0 Å². The van der Waals surface area contributed by atoms with Crippen molar-refractivity contribution >= 4 is 23.3 Å². The molecule has 0 amide bonds. The monoisotopic (exact) mass is 436 g/mol. The Labute approximate surface area is 187 Å². The van der Waals surface area contributed by atoms with Gasteiger partial charge in [-0.15, -0.1) is 0 Å². The van der Waals surface area contributed by atoms with Crippen LogP contribution in [0.2, 0.25) is 5.02 Å². The molecule has 1 aliphatic carbocycles. The largest absolute Gasteiger partial charge is 0.496 e. The quantitative estimate of drug-likeness (QED) is 0.373. The minimum Gasteiger partial charge on any atom is -0.496 e. The minimum absolute atomic E-state index is 0.0301. The molecule has 0 atom stereocenters. The Morgan fingerprint density at radius 3 is 2.52 bits per heavy atom. The van der Waals surface area contributed by atoms with E-state index in [1.54, 1.807) is 24.3 Å². The van der Waals surface area contributed by atoms with Gasteiger partial charge in [0.2, 0.25) is 0 Å². The van der Waals surface area contributed by atoms with Gasteiger partial charge in [-0.1, -0.05) is 42.7 Å². The summed E-state index contributed by atoms with van der Waals surface area (Å²) in [6, 6.07) is 16.9. The van der Waals surface area contributed by atoms with Crippen LogP contribution in [0.1, 0.15) is 47.6 Å². The van der Waals surface area contributed by atoms with Crippen molar-refractivity contribution in [1.82, 2.24) is 4.57 Å². The molecule has 0 aliphatic heterocycles. The number of carbonyl (C=O) groups excluding carboxylic acids is 1. The second-order valence-electron chi connectivity index (χ2n) is 8.59. The van der Waals surface area contributed by atoms with Gasteiger partial charge in [0, 0.05) is 27.7 Å². The van der Waals surface area contributed by atoms with Crippen molar-refractivity contribution in [3.63, 3.8) is 0 Å². The summed E-state index contributed by atoms with van der Waals surface area (Å²) in [5.74, 6) is -0.0779. The van der Waals surface area contributed by atoms with Gasteiger partial charge >= 0.3 is 5.97 Å². The minimum atomic E-state index is -0.538. The van der Waals surface area contributed by atoms with E-state index in [1.165, 1.54) is 7.11 Å². The SMILES string of the molecule is COc1ccccc1C(=O)O/N=C1\CC(C)(C)Cc2c1cc(C)n2-c1ccc(Cl)cc1. The number of fused-ring (bicyclic) bond motifs is 1. The molecule has 1 aliphatic rings. The number of rotatable bonds is 4. The van der Waals surface area contributed by atoms with E-state index in [0.717, 1.165) is 34.8 Å². The zero-order valence-electron chi connectivity index (χ0n) is 18.1. The Hall–Kier alpha value is -3.05. The van der Waals surface area contributed by atoms with Gasteiger partial charge in [-0.2, -0.15) is 0 Å². The summed E-state index contributed by atoms with van der Waals surface area (Å²) in [7, 11) is 1.52. The van der Waals surface area contributed by atoms with Gasteiger partial charge in [0.1, 0.15) is 11.3 Å². The van der Waals surface area contributed by atoms with Gasteiger partial charge in [-0.25, -0.2) is 4.79 Å². The fourth-order valence-corrected chi connectivity index (χ4v) is 4.29. The molecule has 0 spiro atoms. The van der Waals surface area contributed by atoms with E-state index in [-0.39, 0.29) is 5.41 Å². The standard InChI is InChI=1S/C25H25ClN2O3/c1-16-13-20-21(27-31-24(29)19-7-5-6-8-23(19)30-4)14-25(2,3)15-22(20)28(16)18-11-9-17(26)10-12-18/h5-13H,14-15H2,1-4H3/b27-21+. The Morgan fingerprint density at radius 2 is 1.81 bits per heavy atom. The second-order valence-corrected chi connectivity index (χ2v) is 9.03. The molecular weight excluding hydrogens is 412 g/mol. The number of carbonyl (C=O) groups is 1. The molecule has 0 saturated carbocycles. The van der Waals surface area contributed by atoms with Crippen LogP contribution in [0.15, 0.2) is 59.8 Å². The van der Waals surface area contributed by atoms with E-state index in [1.807, 2.05) is 24.3 Å². The third-order valence-corrected chi connectivity index (χ3v) is 5.79. The highest BCUT2D eigenvalue weighted by molar-refractivity contribution is 6.30. The highest BCUT2D eigenvalue weighted by Gasteiger charge is 2.34. The number of oxime groups is 1. The number of benzene rings is 2. The molecule has 0 fully saturated rings. The van der Waals surface area contributed by atoms with Crippen LogP contribution in [-0.4, -0.2) is 23.4 Å². The lowest BCUT2D eigenvalue weighted by Crippen LogP contribution is -2.28. The number of aromatic nitrogens is 1. The van der Waals surface area contributed by atoms with E-state index >= 15 is 0 Å². The number of nitrogens with zero attached hydrogens (tertiary/aromatic N) is 2. The molecule has 160 valence electrons.